The lowest BCUT2D eigenvalue weighted by Gasteiger charge is -2.13. The smallest absolute Gasteiger partial charge is 0.203 e. The van der Waals surface area contributed by atoms with Crippen LogP contribution in [0.3, 0.4) is 0 Å². The van der Waals surface area contributed by atoms with E-state index in [2.05, 4.69) is 34.9 Å². The fourth-order valence-electron chi connectivity index (χ4n) is 2.42. The molecule has 1 heterocycles. The van der Waals surface area contributed by atoms with E-state index in [0.29, 0.717) is 0 Å². The molecule has 1 aliphatic carbocycles. The molecule has 0 aromatic carbocycles. The molecule has 108 valence electrons. The number of nitrogens with one attached hydrogen (secondary N) is 1. The van der Waals surface area contributed by atoms with Crippen LogP contribution in [-0.2, 0) is 11.3 Å². The number of nitrogens with zero attached hydrogens (tertiary/aromatic N) is 2. The Hall–Kier alpha value is -1.03. The minimum Gasteiger partial charge on any atom is -0.382 e. The molecule has 19 heavy (non-hydrogen) atoms. The molecule has 4 nitrogen and oxygen atoms in total. The highest BCUT2D eigenvalue weighted by Gasteiger charge is 2.27. The summed E-state index contributed by atoms with van der Waals surface area (Å²) in [5.74, 6) is 2.71. The minimum atomic E-state index is 0.758. The van der Waals surface area contributed by atoms with Gasteiger partial charge in [0.2, 0.25) is 5.95 Å². The minimum absolute atomic E-state index is 0.758. The maximum absolute atomic E-state index is 5.39. The third-order valence-electron chi connectivity index (χ3n) is 3.80. The number of rotatable bonds is 9. The average Bonchev–Trinajstić information content (AvgIpc) is 3.17. The Morgan fingerprint density at radius 1 is 1.53 bits per heavy atom. The van der Waals surface area contributed by atoms with E-state index in [1.165, 1.54) is 12.8 Å². The molecule has 1 unspecified atom stereocenters. The van der Waals surface area contributed by atoms with Crippen LogP contribution in [-0.4, -0.2) is 29.3 Å². The first-order valence-corrected chi connectivity index (χ1v) is 7.56. The number of hydrogen-bond donors (Lipinski definition) is 1. The quantitative estimate of drug-likeness (QED) is 0.697. The Labute approximate surface area is 116 Å². The van der Waals surface area contributed by atoms with Crippen LogP contribution in [0.2, 0.25) is 0 Å². The van der Waals surface area contributed by atoms with Gasteiger partial charge in [0.1, 0.15) is 0 Å². The molecule has 1 aromatic heterocycles. The molecule has 4 heteroatoms. The molecular weight excluding hydrogens is 238 g/mol. The molecule has 0 aliphatic heterocycles. The second-order valence-corrected chi connectivity index (χ2v) is 5.65. The van der Waals surface area contributed by atoms with Crippen LogP contribution in [0.5, 0.6) is 0 Å². The van der Waals surface area contributed by atoms with E-state index < -0.39 is 0 Å². The van der Waals surface area contributed by atoms with Crippen molar-refractivity contribution in [1.29, 1.82) is 0 Å². The topological polar surface area (TPSA) is 39.1 Å². The van der Waals surface area contributed by atoms with Gasteiger partial charge in [-0.05, 0) is 44.9 Å². The first-order chi connectivity index (χ1) is 9.20. The van der Waals surface area contributed by atoms with Gasteiger partial charge in [0.05, 0.1) is 5.69 Å². The fourth-order valence-corrected chi connectivity index (χ4v) is 2.42. The summed E-state index contributed by atoms with van der Waals surface area (Å²) in [4.78, 5) is 4.57. The highest BCUT2D eigenvalue weighted by Crippen LogP contribution is 2.36. The SMILES string of the molecule is CCOCCCn1cc(C)nc1NCC(C)C1CC1. The van der Waals surface area contributed by atoms with Gasteiger partial charge in [0.15, 0.2) is 0 Å². The normalized spacial score (nSPS) is 16.6. The summed E-state index contributed by atoms with van der Waals surface area (Å²) in [6.07, 6.45) is 5.97. The molecule has 1 aromatic rings. The molecule has 2 rings (SSSR count). The van der Waals surface area contributed by atoms with Gasteiger partial charge >= 0.3 is 0 Å². The van der Waals surface area contributed by atoms with E-state index in [1.54, 1.807) is 0 Å². The maximum atomic E-state index is 5.39. The van der Waals surface area contributed by atoms with Crippen molar-refractivity contribution in [2.24, 2.45) is 11.8 Å². The van der Waals surface area contributed by atoms with Gasteiger partial charge in [-0.25, -0.2) is 4.98 Å². The first kappa shape index (κ1) is 14.4. The zero-order valence-electron chi connectivity index (χ0n) is 12.5. The number of aryl methyl sites for hydroxylation is 2. The van der Waals surface area contributed by atoms with Gasteiger partial charge in [-0.2, -0.15) is 0 Å². The molecule has 1 fully saturated rings. The van der Waals surface area contributed by atoms with Gasteiger partial charge in [-0.15, -0.1) is 0 Å². The van der Waals surface area contributed by atoms with E-state index in [4.69, 9.17) is 4.74 Å². The Morgan fingerprint density at radius 2 is 2.32 bits per heavy atom. The van der Waals surface area contributed by atoms with Crippen LogP contribution in [0.25, 0.3) is 0 Å². The van der Waals surface area contributed by atoms with E-state index >= 15 is 0 Å². The largest absolute Gasteiger partial charge is 0.382 e. The maximum Gasteiger partial charge on any atom is 0.203 e. The zero-order valence-corrected chi connectivity index (χ0v) is 12.5. The molecule has 0 bridgehead atoms. The molecule has 1 atom stereocenters. The molecule has 1 saturated carbocycles. The average molecular weight is 265 g/mol. The monoisotopic (exact) mass is 265 g/mol. The Bertz CT molecular complexity index is 385. The van der Waals surface area contributed by atoms with Crippen molar-refractivity contribution < 1.29 is 4.74 Å². The summed E-state index contributed by atoms with van der Waals surface area (Å²) < 4.78 is 7.60. The van der Waals surface area contributed by atoms with Crippen molar-refractivity contribution in [2.75, 3.05) is 25.1 Å². The standard InChI is InChI=1S/C15H27N3O/c1-4-19-9-5-8-18-11-13(3)17-15(18)16-10-12(2)14-6-7-14/h11-12,14H,4-10H2,1-3H3,(H,16,17). The molecule has 0 radical (unpaired) electrons. The first-order valence-electron chi connectivity index (χ1n) is 7.56. The van der Waals surface area contributed by atoms with Crippen molar-refractivity contribution in [3.05, 3.63) is 11.9 Å². The van der Waals surface area contributed by atoms with Crippen LogP contribution >= 0.6 is 0 Å². The van der Waals surface area contributed by atoms with Crippen LogP contribution in [0.15, 0.2) is 6.20 Å². The third kappa shape index (κ3) is 4.53. The molecule has 0 spiro atoms. The van der Waals surface area contributed by atoms with Crippen molar-refractivity contribution in [3.63, 3.8) is 0 Å². The molecule has 0 saturated heterocycles. The highest BCUT2D eigenvalue weighted by molar-refractivity contribution is 5.28. The van der Waals surface area contributed by atoms with Crippen molar-refractivity contribution in [3.8, 4) is 0 Å². The van der Waals surface area contributed by atoms with Gasteiger partial charge < -0.3 is 14.6 Å². The second kappa shape index (κ2) is 6.94. The lowest BCUT2D eigenvalue weighted by atomic mass is 10.1. The van der Waals surface area contributed by atoms with Crippen LogP contribution in [0, 0.1) is 18.8 Å². The predicted molar refractivity (Wildman–Crippen MR) is 78.5 cm³/mol. The molecule has 1 N–H and O–H groups in total. The molecule has 0 amide bonds. The molecule has 1 aliphatic rings. The number of imidazole rings is 1. The second-order valence-electron chi connectivity index (χ2n) is 5.65. The summed E-state index contributed by atoms with van der Waals surface area (Å²) in [7, 11) is 0. The van der Waals surface area contributed by atoms with Gasteiger partial charge in [0.25, 0.3) is 0 Å². The van der Waals surface area contributed by atoms with Gasteiger partial charge in [-0.3, -0.25) is 0 Å². The van der Waals surface area contributed by atoms with Crippen LogP contribution in [0.4, 0.5) is 5.95 Å². The van der Waals surface area contributed by atoms with Crippen LogP contribution in [0.1, 0.15) is 38.8 Å². The third-order valence-corrected chi connectivity index (χ3v) is 3.80. The molecular formula is C15H27N3O. The van der Waals surface area contributed by atoms with E-state index in [-0.39, 0.29) is 0 Å². The van der Waals surface area contributed by atoms with Gasteiger partial charge in [-0.1, -0.05) is 6.92 Å². The zero-order chi connectivity index (χ0) is 13.7. The van der Waals surface area contributed by atoms with E-state index in [1.807, 2.05) is 6.92 Å². The fraction of sp³-hybridized carbons (Fsp3) is 0.800. The van der Waals surface area contributed by atoms with E-state index in [0.717, 1.165) is 56.2 Å². The lowest BCUT2D eigenvalue weighted by Crippen LogP contribution is -2.16. The Kier molecular flexibility index (Phi) is 5.25. The number of ether oxygens (including phenoxy) is 1. The van der Waals surface area contributed by atoms with Crippen molar-refractivity contribution >= 4 is 5.95 Å². The Balaban J connectivity index is 1.80. The highest BCUT2D eigenvalue weighted by atomic mass is 16.5. The summed E-state index contributed by atoms with van der Waals surface area (Å²) in [5, 5.41) is 3.51. The number of aromatic nitrogens is 2. The van der Waals surface area contributed by atoms with Crippen molar-refractivity contribution in [2.45, 2.75) is 46.6 Å². The predicted octanol–water partition coefficient (Wildman–Crippen LogP) is 3.08. The summed E-state index contributed by atoms with van der Waals surface area (Å²) in [6, 6.07) is 0. The summed E-state index contributed by atoms with van der Waals surface area (Å²) >= 11 is 0. The lowest BCUT2D eigenvalue weighted by molar-refractivity contribution is 0.142. The van der Waals surface area contributed by atoms with Crippen LogP contribution < -0.4 is 5.32 Å². The van der Waals surface area contributed by atoms with E-state index in [9.17, 15) is 0 Å². The van der Waals surface area contributed by atoms with Crippen molar-refractivity contribution in [1.82, 2.24) is 9.55 Å². The van der Waals surface area contributed by atoms with Gasteiger partial charge in [0, 0.05) is 32.5 Å². The number of hydrogen-bond acceptors (Lipinski definition) is 3. The Morgan fingerprint density at radius 3 is 3.00 bits per heavy atom. The number of anilines is 1. The summed E-state index contributed by atoms with van der Waals surface area (Å²) in [5.41, 5.74) is 1.08. The summed E-state index contributed by atoms with van der Waals surface area (Å²) in [6.45, 7) is 10.0.